The maximum atomic E-state index is 14.2. The first-order valence-electron chi connectivity index (χ1n) is 15.1. The highest BCUT2D eigenvalue weighted by molar-refractivity contribution is 5.98. The summed E-state index contributed by atoms with van der Waals surface area (Å²) in [4.78, 5) is 16.5. The third-order valence-corrected chi connectivity index (χ3v) is 11.9. The summed E-state index contributed by atoms with van der Waals surface area (Å²) in [5, 5.41) is 10.3. The molecule has 1 aromatic carbocycles. The second-order valence-corrected chi connectivity index (χ2v) is 13.6. The lowest BCUT2D eigenvalue weighted by Gasteiger charge is -2.57. The average molecular weight is 534 g/mol. The van der Waals surface area contributed by atoms with Crippen molar-refractivity contribution in [3.8, 4) is 17.2 Å². The monoisotopic (exact) mass is 533 g/mol. The highest BCUT2D eigenvalue weighted by Crippen LogP contribution is 2.65. The lowest BCUT2D eigenvalue weighted by Crippen LogP contribution is -2.50. The number of methoxy groups -OCH3 is 1. The Morgan fingerprint density at radius 2 is 1.95 bits per heavy atom. The number of ether oxygens (including phenoxy) is 3. The molecule has 2 aliphatic heterocycles. The van der Waals surface area contributed by atoms with Crippen LogP contribution in [-0.4, -0.2) is 49.4 Å². The molecular weight excluding hydrogens is 490 g/mol. The van der Waals surface area contributed by atoms with Gasteiger partial charge in [-0.15, -0.1) is 0 Å². The molecule has 6 nitrogen and oxygen atoms in total. The first-order chi connectivity index (χ1) is 18.7. The van der Waals surface area contributed by atoms with Gasteiger partial charge in [0.15, 0.2) is 17.3 Å². The van der Waals surface area contributed by atoms with E-state index >= 15 is 0 Å². The van der Waals surface area contributed by atoms with Crippen LogP contribution in [0, 0.1) is 28.6 Å². The molecule has 7 rings (SSSR count). The normalized spacial score (nSPS) is 38.6. The Hall–Kier alpha value is -2.31. The molecule has 0 amide bonds. The van der Waals surface area contributed by atoms with Gasteiger partial charge in [-0.25, -0.2) is 0 Å². The molecule has 2 saturated carbocycles. The van der Waals surface area contributed by atoms with E-state index in [2.05, 4.69) is 44.0 Å². The number of benzene rings is 1. The molecule has 2 fully saturated rings. The van der Waals surface area contributed by atoms with Crippen molar-refractivity contribution >= 4 is 5.78 Å². The third-order valence-electron chi connectivity index (χ3n) is 11.9. The number of allylic oxidation sites excluding steroid dienone is 3. The number of Topliss-reactive ketones (excluding diaryl/α,β-unsaturated/α-hetero) is 1. The molecule has 0 spiro atoms. The van der Waals surface area contributed by atoms with Crippen molar-refractivity contribution in [1.82, 2.24) is 4.90 Å². The van der Waals surface area contributed by atoms with Gasteiger partial charge < -0.3 is 19.3 Å². The zero-order valence-corrected chi connectivity index (χ0v) is 23.9. The SMILES string of the molecule is COc1c2c(cc3c1[C@@H](CC(=O)C1=CC[C@@H]4[C@H]5CC=C6C[C@@H](O)CC[C@]6(C)[C@H]5CC[C@@]14C)N(C)CC3)OCO2. The van der Waals surface area contributed by atoms with Gasteiger partial charge in [-0.1, -0.05) is 31.6 Å². The molecule has 0 aromatic heterocycles. The van der Waals surface area contributed by atoms with Crippen LogP contribution in [0.3, 0.4) is 0 Å². The van der Waals surface area contributed by atoms with Crippen LogP contribution in [0.1, 0.15) is 82.4 Å². The summed E-state index contributed by atoms with van der Waals surface area (Å²) in [7, 11) is 3.81. The molecule has 39 heavy (non-hydrogen) atoms. The van der Waals surface area contributed by atoms with Crippen molar-refractivity contribution in [1.29, 1.82) is 0 Å². The number of aliphatic hydroxyl groups is 1. The van der Waals surface area contributed by atoms with Crippen LogP contribution in [0.4, 0.5) is 0 Å². The number of carbonyl (C=O) groups excluding carboxylic acids is 1. The Morgan fingerprint density at radius 1 is 1.13 bits per heavy atom. The van der Waals surface area contributed by atoms with Crippen LogP contribution >= 0.6 is 0 Å². The van der Waals surface area contributed by atoms with Crippen molar-refractivity contribution in [2.75, 3.05) is 27.5 Å². The van der Waals surface area contributed by atoms with Crippen LogP contribution in [0.2, 0.25) is 0 Å². The summed E-state index contributed by atoms with van der Waals surface area (Å²) in [6, 6.07) is 2.05. The van der Waals surface area contributed by atoms with E-state index in [4.69, 9.17) is 14.2 Å². The zero-order valence-electron chi connectivity index (χ0n) is 23.9. The van der Waals surface area contributed by atoms with Gasteiger partial charge in [-0.3, -0.25) is 9.69 Å². The van der Waals surface area contributed by atoms with Gasteiger partial charge in [0.05, 0.1) is 13.2 Å². The van der Waals surface area contributed by atoms with Crippen molar-refractivity contribution in [3.63, 3.8) is 0 Å². The number of hydrogen-bond acceptors (Lipinski definition) is 6. The van der Waals surface area contributed by atoms with Gasteiger partial charge >= 0.3 is 0 Å². The van der Waals surface area contributed by atoms with E-state index in [0.717, 1.165) is 74.1 Å². The van der Waals surface area contributed by atoms with Gasteiger partial charge in [-0.05, 0) is 104 Å². The molecule has 0 unspecified atom stereocenters. The minimum absolute atomic E-state index is 0.0432. The van der Waals surface area contributed by atoms with Crippen LogP contribution < -0.4 is 14.2 Å². The van der Waals surface area contributed by atoms with Gasteiger partial charge in [-0.2, -0.15) is 0 Å². The van der Waals surface area contributed by atoms with Gasteiger partial charge in [0, 0.05) is 24.6 Å². The number of rotatable bonds is 4. The summed E-state index contributed by atoms with van der Waals surface area (Å²) in [6.45, 7) is 5.96. The minimum atomic E-state index is -0.172. The van der Waals surface area contributed by atoms with Gasteiger partial charge in [0.25, 0.3) is 0 Å². The van der Waals surface area contributed by atoms with E-state index in [1.165, 1.54) is 17.6 Å². The van der Waals surface area contributed by atoms with Crippen LogP contribution in [-0.2, 0) is 11.2 Å². The fourth-order valence-corrected chi connectivity index (χ4v) is 9.71. The predicted octanol–water partition coefficient (Wildman–Crippen LogP) is 5.77. The minimum Gasteiger partial charge on any atom is -0.492 e. The lowest BCUT2D eigenvalue weighted by atomic mass is 9.47. The Morgan fingerprint density at radius 3 is 2.77 bits per heavy atom. The fraction of sp³-hybridized carbons (Fsp3) is 0.667. The Labute approximate surface area is 232 Å². The number of likely N-dealkylation sites (N-methyl/N-ethyl adjacent to an activating group) is 1. The predicted molar refractivity (Wildman–Crippen MR) is 149 cm³/mol. The van der Waals surface area contributed by atoms with Crippen molar-refractivity contribution in [2.45, 2.75) is 83.8 Å². The maximum Gasteiger partial charge on any atom is 0.231 e. The van der Waals surface area contributed by atoms with Gasteiger partial charge in [0.1, 0.15) is 0 Å². The molecule has 4 aliphatic carbocycles. The van der Waals surface area contributed by atoms with Crippen molar-refractivity contribution in [2.24, 2.45) is 28.6 Å². The highest BCUT2D eigenvalue weighted by Gasteiger charge is 2.57. The first kappa shape index (κ1) is 25.6. The molecule has 1 N–H and O–H groups in total. The summed E-state index contributed by atoms with van der Waals surface area (Å²) in [5.41, 5.74) is 5.03. The van der Waals surface area contributed by atoms with E-state index in [1.54, 1.807) is 7.11 Å². The zero-order chi connectivity index (χ0) is 27.1. The lowest BCUT2D eigenvalue weighted by molar-refractivity contribution is -0.119. The van der Waals surface area contributed by atoms with E-state index < -0.39 is 0 Å². The quantitative estimate of drug-likeness (QED) is 0.496. The second-order valence-electron chi connectivity index (χ2n) is 13.6. The van der Waals surface area contributed by atoms with Crippen LogP contribution in [0.15, 0.2) is 29.4 Å². The molecule has 0 saturated heterocycles. The first-order valence-corrected chi connectivity index (χ1v) is 15.1. The molecule has 6 heteroatoms. The molecule has 1 aromatic rings. The fourth-order valence-electron chi connectivity index (χ4n) is 9.71. The molecule has 0 radical (unpaired) electrons. The van der Waals surface area contributed by atoms with E-state index in [9.17, 15) is 9.90 Å². The number of nitrogens with zero attached hydrogens (tertiary/aromatic N) is 1. The van der Waals surface area contributed by atoms with Gasteiger partial charge in [0.2, 0.25) is 12.5 Å². The second kappa shape index (κ2) is 9.10. The molecule has 6 aliphatic rings. The van der Waals surface area contributed by atoms with Crippen molar-refractivity contribution in [3.05, 3.63) is 40.5 Å². The maximum absolute atomic E-state index is 14.2. The topological polar surface area (TPSA) is 68.2 Å². The molecule has 0 bridgehead atoms. The smallest absolute Gasteiger partial charge is 0.231 e. The molecule has 2 heterocycles. The Balaban J connectivity index is 1.15. The van der Waals surface area contributed by atoms with E-state index in [1.807, 2.05) is 0 Å². The summed E-state index contributed by atoms with van der Waals surface area (Å²) >= 11 is 0. The van der Waals surface area contributed by atoms with E-state index in [-0.39, 0.29) is 29.8 Å². The summed E-state index contributed by atoms with van der Waals surface area (Å²) in [5.74, 6) is 4.24. The number of carbonyl (C=O) groups is 1. The summed E-state index contributed by atoms with van der Waals surface area (Å²) in [6.07, 6.45) is 13.2. The summed E-state index contributed by atoms with van der Waals surface area (Å²) < 4.78 is 17.4. The molecular formula is C33H43NO5. The third kappa shape index (κ3) is 3.70. The largest absolute Gasteiger partial charge is 0.492 e. The standard InChI is InChI=1S/C33H43NO5/c1-32-12-9-21(35)16-20(32)5-6-22-23-7-8-25(33(23,2)13-10-24(22)32)27(36)17-26-29-19(11-14-34(26)3)15-28-30(31(29)37-4)39-18-38-28/h5,8,15,21-24,26,35H,6-7,9-14,16-18H2,1-4H3/t21-,22+,23+,24-,26+,32-,33+/m0/s1. The Kier molecular flexibility index (Phi) is 5.99. The number of fused-ring (bicyclic) bond motifs is 7. The molecule has 7 atom stereocenters. The van der Waals surface area contributed by atoms with Crippen molar-refractivity contribution < 1.29 is 24.1 Å². The molecule has 210 valence electrons. The van der Waals surface area contributed by atoms with Crippen LogP contribution in [0.5, 0.6) is 17.2 Å². The highest BCUT2D eigenvalue weighted by atomic mass is 16.7. The van der Waals surface area contributed by atoms with Crippen LogP contribution in [0.25, 0.3) is 0 Å². The van der Waals surface area contributed by atoms with E-state index in [0.29, 0.717) is 35.7 Å². The number of ketones is 1. The average Bonchev–Trinajstić information content (AvgIpc) is 3.53. The number of aliphatic hydroxyl groups excluding tert-OH is 1. The number of hydrogen-bond donors (Lipinski definition) is 1. The Bertz CT molecular complexity index is 1270.